The molecule has 2 N–H and O–H groups in total. The lowest BCUT2D eigenvalue weighted by molar-refractivity contribution is -0.241. The van der Waals surface area contributed by atoms with E-state index in [4.69, 9.17) is 0 Å². The molecule has 0 aromatic heterocycles. The van der Waals surface area contributed by atoms with E-state index < -0.39 is 11.1 Å². The van der Waals surface area contributed by atoms with Crippen molar-refractivity contribution in [3.8, 4) is 0 Å². The lowest BCUT2D eigenvalue weighted by Gasteiger charge is -2.58. The van der Waals surface area contributed by atoms with Gasteiger partial charge in [0.2, 0.25) is 0 Å². The van der Waals surface area contributed by atoms with Crippen LogP contribution in [0.25, 0.3) is 0 Å². The minimum Gasteiger partial charge on any atom is -0.761 e. The van der Waals surface area contributed by atoms with E-state index in [1.54, 1.807) is 60.7 Å². The van der Waals surface area contributed by atoms with Crippen LogP contribution in [0.3, 0.4) is 0 Å². The van der Waals surface area contributed by atoms with E-state index in [0.717, 1.165) is 0 Å². The van der Waals surface area contributed by atoms with Crippen LogP contribution in [-0.2, 0) is 11.1 Å². The topological polar surface area (TPSA) is 93.1 Å². The average Bonchev–Trinajstić information content (AvgIpc) is 2.54. The molecule has 2 rings (SSSR count). The quantitative estimate of drug-likeness (QED) is 0.824. The van der Waals surface area contributed by atoms with Crippen LogP contribution in [0.1, 0.15) is 25.0 Å². The second-order valence-corrected chi connectivity index (χ2v) is 5.42. The lowest BCUT2D eigenvalue weighted by atomic mass is 9.71. The number of hydrogen-bond donors (Lipinski definition) is 2. The van der Waals surface area contributed by atoms with Gasteiger partial charge in [-0.05, 0) is 25.0 Å². The molecular weight excluding hydrogens is 284 g/mol. The Labute approximate surface area is 128 Å². The van der Waals surface area contributed by atoms with Gasteiger partial charge in [0, 0.05) is 0 Å². The Morgan fingerprint density at radius 3 is 1.18 bits per heavy atom. The smallest absolute Gasteiger partial charge is 0.0781 e. The molecule has 0 amide bonds. The third-order valence-electron chi connectivity index (χ3n) is 4.38. The maximum atomic E-state index is 12.0. The summed E-state index contributed by atoms with van der Waals surface area (Å²) in [5.41, 5.74) is -2.67. The van der Waals surface area contributed by atoms with Gasteiger partial charge in [-0.1, -0.05) is 60.7 Å². The SMILES string of the molecule is C[C@](c1ccccc1)(N([O-])O)[C@](C)(c1ccccc1)N([O-])O. The van der Waals surface area contributed by atoms with Crippen LogP contribution >= 0.6 is 0 Å². The van der Waals surface area contributed by atoms with E-state index in [1.165, 1.54) is 13.8 Å². The molecule has 0 heterocycles. The molecule has 2 aromatic carbocycles. The molecule has 6 nitrogen and oxygen atoms in total. The summed E-state index contributed by atoms with van der Waals surface area (Å²) in [6.45, 7) is 2.81. The van der Waals surface area contributed by atoms with E-state index in [9.17, 15) is 20.8 Å². The molecule has 6 heteroatoms. The van der Waals surface area contributed by atoms with Gasteiger partial charge in [0.05, 0.1) is 11.1 Å². The van der Waals surface area contributed by atoms with Crippen LogP contribution in [0.15, 0.2) is 60.7 Å². The Balaban J connectivity index is 2.72. The van der Waals surface area contributed by atoms with Crippen LogP contribution in [-0.4, -0.2) is 20.9 Å². The van der Waals surface area contributed by atoms with Crippen molar-refractivity contribution in [2.45, 2.75) is 24.9 Å². The summed E-state index contributed by atoms with van der Waals surface area (Å²) in [5.74, 6) is 0. The van der Waals surface area contributed by atoms with Crippen LogP contribution in [0.5, 0.6) is 0 Å². The molecule has 0 spiro atoms. The van der Waals surface area contributed by atoms with Gasteiger partial charge in [0.25, 0.3) is 0 Å². The normalized spacial score (nSPS) is 17.3. The van der Waals surface area contributed by atoms with Crippen LogP contribution in [0, 0.1) is 10.4 Å². The van der Waals surface area contributed by atoms with E-state index in [1.807, 2.05) is 0 Å². The molecule has 2 aromatic rings. The number of hydrogen-bond acceptors (Lipinski definition) is 6. The molecule has 0 radical (unpaired) electrons. The van der Waals surface area contributed by atoms with Gasteiger partial charge >= 0.3 is 0 Å². The minimum absolute atomic E-state index is 0.281. The fourth-order valence-electron chi connectivity index (χ4n) is 2.68. The molecule has 0 bridgehead atoms. The Bertz CT molecular complexity index is 551. The first-order valence-electron chi connectivity index (χ1n) is 6.78. The summed E-state index contributed by atoms with van der Waals surface area (Å²) in [7, 11) is 0. The molecule has 22 heavy (non-hydrogen) atoms. The highest BCUT2D eigenvalue weighted by atomic mass is 16.8. The molecule has 2 atom stereocenters. The third kappa shape index (κ3) is 2.42. The summed E-state index contributed by atoms with van der Waals surface area (Å²) >= 11 is 0. The highest BCUT2D eigenvalue weighted by molar-refractivity contribution is 5.36. The molecule has 0 saturated carbocycles. The molecule has 118 valence electrons. The second kappa shape index (κ2) is 6.13. The predicted octanol–water partition coefficient (Wildman–Crippen LogP) is 3.20. The molecule has 0 aliphatic carbocycles. The van der Waals surface area contributed by atoms with Crippen molar-refractivity contribution < 1.29 is 10.4 Å². The fourth-order valence-corrected chi connectivity index (χ4v) is 2.68. The molecular formula is C16H18N2O4-2. The standard InChI is InChI=1S/C16H18N2O4/c1-15(17(19)20,13-9-5-3-6-10-13)16(2,18(21)22)14-11-7-4-8-12-14/h3-12,19,21H,1-2H3/q-2/t15-,16+. The zero-order valence-electron chi connectivity index (χ0n) is 12.4. The van der Waals surface area contributed by atoms with E-state index in [2.05, 4.69) is 0 Å². The Hall–Kier alpha value is -1.80. The van der Waals surface area contributed by atoms with E-state index >= 15 is 0 Å². The van der Waals surface area contributed by atoms with Crippen molar-refractivity contribution in [2.24, 2.45) is 0 Å². The first kappa shape index (κ1) is 16.6. The average molecular weight is 302 g/mol. The molecule has 0 unspecified atom stereocenters. The highest BCUT2D eigenvalue weighted by Gasteiger charge is 2.49. The monoisotopic (exact) mass is 302 g/mol. The summed E-state index contributed by atoms with van der Waals surface area (Å²) in [4.78, 5) is 0. The first-order chi connectivity index (χ1) is 10.3. The second-order valence-electron chi connectivity index (χ2n) is 5.42. The maximum absolute atomic E-state index is 12.0. The summed E-state index contributed by atoms with van der Waals surface area (Å²) < 4.78 is 0. The number of rotatable bonds is 5. The van der Waals surface area contributed by atoms with Gasteiger partial charge < -0.3 is 20.8 Å². The fraction of sp³-hybridized carbons (Fsp3) is 0.250. The third-order valence-corrected chi connectivity index (χ3v) is 4.38. The van der Waals surface area contributed by atoms with Gasteiger partial charge in [0.1, 0.15) is 0 Å². The zero-order chi connectivity index (χ0) is 16.4. The van der Waals surface area contributed by atoms with Crippen LogP contribution in [0.4, 0.5) is 0 Å². The van der Waals surface area contributed by atoms with E-state index in [-0.39, 0.29) is 10.5 Å². The van der Waals surface area contributed by atoms with Crippen molar-refractivity contribution in [2.75, 3.05) is 0 Å². The summed E-state index contributed by atoms with van der Waals surface area (Å²) in [6.07, 6.45) is 0. The largest absolute Gasteiger partial charge is 0.761 e. The Kier molecular flexibility index (Phi) is 4.62. The summed E-state index contributed by atoms with van der Waals surface area (Å²) in [6, 6.07) is 16.7. The van der Waals surface area contributed by atoms with Crippen molar-refractivity contribution in [1.82, 2.24) is 10.5 Å². The number of benzene rings is 2. The molecule has 0 fully saturated rings. The van der Waals surface area contributed by atoms with Crippen molar-refractivity contribution in [3.63, 3.8) is 0 Å². The number of nitrogens with zero attached hydrogens (tertiary/aromatic N) is 2. The zero-order valence-corrected chi connectivity index (χ0v) is 12.4. The van der Waals surface area contributed by atoms with Crippen molar-refractivity contribution >= 4 is 0 Å². The van der Waals surface area contributed by atoms with Gasteiger partial charge in [-0.15, -0.1) is 0 Å². The van der Waals surface area contributed by atoms with Crippen molar-refractivity contribution in [1.29, 1.82) is 0 Å². The first-order valence-corrected chi connectivity index (χ1v) is 6.78. The van der Waals surface area contributed by atoms with E-state index in [0.29, 0.717) is 11.1 Å². The summed E-state index contributed by atoms with van der Waals surface area (Å²) in [5, 5.41) is 43.0. The predicted molar refractivity (Wildman–Crippen MR) is 81.6 cm³/mol. The van der Waals surface area contributed by atoms with Gasteiger partial charge in [-0.3, -0.25) is 10.5 Å². The van der Waals surface area contributed by atoms with Gasteiger partial charge in [-0.25, -0.2) is 0 Å². The Morgan fingerprint density at radius 1 is 0.682 bits per heavy atom. The van der Waals surface area contributed by atoms with Crippen LogP contribution in [0.2, 0.25) is 0 Å². The van der Waals surface area contributed by atoms with Gasteiger partial charge in [0.15, 0.2) is 0 Å². The molecule has 0 saturated heterocycles. The maximum Gasteiger partial charge on any atom is 0.0781 e. The minimum atomic E-state index is -1.73. The van der Waals surface area contributed by atoms with Crippen molar-refractivity contribution in [3.05, 3.63) is 82.2 Å². The Morgan fingerprint density at radius 2 is 0.955 bits per heavy atom. The highest BCUT2D eigenvalue weighted by Crippen LogP contribution is 2.47. The lowest BCUT2D eigenvalue weighted by Crippen LogP contribution is -2.60. The van der Waals surface area contributed by atoms with Crippen LogP contribution < -0.4 is 0 Å². The number of hydroxylamine groups is 4. The molecule has 0 aliphatic heterocycles. The van der Waals surface area contributed by atoms with Gasteiger partial charge in [-0.2, -0.15) is 0 Å². The molecule has 0 aliphatic rings.